The quantitative estimate of drug-likeness (QED) is 0.0388. The van der Waals surface area contributed by atoms with Crippen molar-refractivity contribution < 1.29 is 55.2 Å². The zero-order valence-electron chi connectivity index (χ0n) is 42.9. The molecule has 8 heterocycles. The van der Waals surface area contributed by atoms with E-state index in [1.807, 2.05) is 6.07 Å². The summed E-state index contributed by atoms with van der Waals surface area (Å²) in [6, 6.07) is 18.9. The molecule has 0 spiro atoms. The number of methoxy groups -OCH3 is 2. The van der Waals surface area contributed by atoms with Gasteiger partial charge < -0.3 is 51.2 Å². The highest BCUT2D eigenvalue weighted by molar-refractivity contribution is 6.17. The Hall–Kier alpha value is -8.81. The van der Waals surface area contributed by atoms with Gasteiger partial charge in [-0.3, -0.25) is 0 Å². The lowest BCUT2D eigenvalue weighted by molar-refractivity contribution is -0.137. The number of nitrogens with one attached hydrogen (secondary N) is 2. The van der Waals surface area contributed by atoms with Crippen molar-refractivity contribution in [2.75, 3.05) is 77.4 Å². The van der Waals surface area contributed by atoms with Crippen LogP contribution in [0.4, 0.5) is 47.6 Å². The van der Waals surface area contributed by atoms with Crippen LogP contribution in [-0.2, 0) is 12.4 Å². The van der Waals surface area contributed by atoms with E-state index in [4.69, 9.17) is 37.3 Å². The number of fused-ring (bicyclic) bond motifs is 2. The van der Waals surface area contributed by atoms with E-state index < -0.39 is 35.1 Å². The molecule has 27 heteroatoms. The van der Waals surface area contributed by atoms with Crippen LogP contribution in [0.1, 0.15) is 35.4 Å². The van der Waals surface area contributed by atoms with Gasteiger partial charge in [0.15, 0.2) is 34.3 Å². The number of carbonyl (C=O) groups is 2. The van der Waals surface area contributed by atoms with E-state index in [0.717, 1.165) is 38.2 Å². The van der Waals surface area contributed by atoms with Crippen LogP contribution in [0.5, 0.6) is 23.0 Å². The first-order chi connectivity index (χ1) is 37.7. The molecule has 8 aromatic rings. The molecule has 0 saturated carbocycles. The summed E-state index contributed by atoms with van der Waals surface area (Å²) in [5.74, 6) is 0.727. The third-order valence-electron chi connectivity index (χ3n) is 12.5. The normalized spacial score (nSPS) is 13.5. The molecule has 4 amide bonds. The number of nitrogens with two attached hydrogens (primary N) is 2. The number of aromatic hydroxyl groups is 1. The van der Waals surface area contributed by atoms with Crippen molar-refractivity contribution in [3.05, 3.63) is 108 Å². The number of pyridine rings is 2. The molecule has 0 unspecified atom stereocenters. The fourth-order valence-corrected chi connectivity index (χ4v) is 8.76. The van der Waals surface area contributed by atoms with Gasteiger partial charge in [-0.15, -0.1) is 11.6 Å². The summed E-state index contributed by atoms with van der Waals surface area (Å²) in [5.41, 5.74) is 14.3. The highest BCUT2D eigenvalue weighted by Crippen LogP contribution is 2.39. The van der Waals surface area contributed by atoms with Gasteiger partial charge in [-0.2, -0.15) is 36.5 Å². The van der Waals surface area contributed by atoms with Crippen molar-refractivity contribution in [1.82, 2.24) is 59.6 Å². The molecule has 2 aliphatic heterocycles. The number of phenols is 1. The van der Waals surface area contributed by atoms with Gasteiger partial charge in [-0.05, 0) is 99.5 Å². The molecule has 416 valence electrons. The van der Waals surface area contributed by atoms with Crippen LogP contribution >= 0.6 is 11.6 Å². The van der Waals surface area contributed by atoms with E-state index in [9.17, 15) is 41.0 Å². The van der Waals surface area contributed by atoms with E-state index >= 15 is 0 Å². The number of rotatable bonds is 14. The Labute approximate surface area is 452 Å². The average molecular weight is 1120 g/mol. The van der Waals surface area contributed by atoms with Crippen LogP contribution in [0, 0.1) is 13.8 Å². The van der Waals surface area contributed by atoms with E-state index in [0.29, 0.717) is 107 Å². The molecule has 2 aliphatic rings. The predicted octanol–water partition coefficient (Wildman–Crippen LogP) is 8.89. The van der Waals surface area contributed by atoms with Crippen molar-refractivity contribution in [3.63, 3.8) is 0 Å². The van der Waals surface area contributed by atoms with Crippen LogP contribution in [-0.4, -0.2) is 132 Å². The molecule has 10 rings (SSSR count). The molecule has 79 heavy (non-hydrogen) atoms. The number of amides is 4. The maximum Gasteiger partial charge on any atom is 0.419 e. The monoisotopic (exact) mass is 1120 g/mol. The minimum absolute atomic E-state index is 0.0193. The number of carbonyl (C=O) groups excluding carboxylic acids is 2. The van der Waals surface area contributed by atoms with Crippen LogP contribution < -0.4 is 36.3 Å². The SMILES string of the molecule is COc1cc(-c2ccc3nc(C)c(-c4cnc(N)c(C(F)(F)F)c4)n3n2)ccc1O.COc1cc(-c2ccc3nc(C)c(-c4cnc(N)c(C(F)(F)F)c4)n3n2)ccc1OCCCN1CCNC1=O.O=C1NCCN1CCCCl. The summed E-state index contributed by atoms with van der Waals surface area (Å²) in [5, 5.41) is 24.5. The fourth-order valence-electron chi connectivity index (χ4n) is 8.64. The number of nitrogens with zero attached hydrogens (tertiary/aromatic N) is 10. The number of urea groups is 2. The molecule has 20 nitrogen and oxygen atoms in total. The van der Waals surface area contributed by atoms with Crippen LogP contribution in [0.15, 0.2) is 85.2 Å². The Kier molecular flexibility index (Phi) is 17.0. The summed E-state index contributed by atoms with van der Waals surface area (Å²) in [4.78, 5) is 42.3. The zero-order chi connectivity index (χ0) is 56.8. The van der Waals surface area contributed by atoms with Crippen molar-refractivity contribution in [1.29, 1.82) is 0 Å². The highest BCUT2D eigenvalue weighted by atomic mass is 35.5. The number of halogens is 7. The summed E-state index contributed by atoms with van der Waals surface area (Å²) < 4.78 is 99.7. The fraction of sp³-hybridized carbons (Fsp3) is 0.308. The van der Waals surface area contributed by atoms with Crippen molar-refractivity contribution >= 4 is 46.6 Å². The van der Waals surface area contributed by atoms with Gasteiger partial charge in [0, 0.05) is 79.8 Å². The third kappa shape index (κ3) is 12.8. The summed E-state index contributed by atoms with van der Waals surface area (Å²) in [7, 11) is 2.96. The second-order valence-corrected chi connectivity index (χ2v) is 18.2. The lowest BCUT2D eigenvalue weighted by Gasteiger charge is -2.15. The van der Waals surface area contributed by atoms with Crippen molar-refractivity contribution in [3.8, 4) is 68.0 Å². The van der Waals surface area contributed by atoms with Gasteiger partial charge in [0.2, 0.25) is 0 Å². The Morgan fingerprint density at radius 2 is 1.10 bits per heavy atom. The first-order valence-electron chi connectivity index (χ1n) is 24.4. The van der Waals surface area contributed by atoms with E-state index in [2.05, 4.69) is 40.8 Å². The Morgan fingerprint density at radius 3 is 1.54 bits per heavy atom. The summed E-state index contributed by atoms with van der Waals surface area (Å²) >= 11 is 5.47. The number of benzene rings is 2. The lowest BCUT2D eigenvalue weighted by atomic mass is 10.1. The molecule has 0 atom stereocenters. The number of imidazole rings is 2. The number of aryl methyl sites for hydroxylation is 2. The smallest absolute Gasteiger partial charge is 0.419 e. The number of phenolic OH excluding ortho intramolecular Hbond substituents is 1. The number of alkyl halides is 7. The predicted molar refractivity (Wildman–Crippen MR) is 282 cm³/mol. The molecule has 2 fully saturated rings. The highest BCUT2D eigenvalue weighted by Gasteiger charge is 2.36. The first kappa shape index (κ1) is 56.4. The van der Waals surface area contributed by atoms with E-state index in [-0.39, 0.29) is 34.7 Å². The Bertz CT molecular complexity index is 3520. The van der Waals surface area contributed by atoms with Crippen LogP contribution in [0.2, 0.25) is 0 Å². The first-order valence-corrected chi connectivity index (χ1v) is 24.9. The molecule has 0 radical (unpaired) electrons. The number of nitrogen functional groups attached to an aromatic ring is 2. The summed E-state index contributed by atoms with van der Waals surface area (Å²) in [6.07, 6.45) is -5.20. The molecule has 0 bridgehead atoms. The number of anilines is 2. The molecular formula is C52H53ClF6N14O6. The maximum atomic E-state index is 13.5. The summed E-state index contributed by atoms with van der Waals surface area (Å²) in [6.45, 7) is 8.10. The van der Waals surface area contributed by atoms with Crippen LogP contribution in [0.3, 0.4) is 0 Å². The van der Waals surface area contributed by atoms with Gasteiger partial charge in [0.1, 0.15) is 11.6 Å². The van der Waals surface area contributed by atoms with E-state index in [1.165, 1.54) is 41.7 Å². The zero-order valence-corrected chi connectivity index (χ0v) is 43.7. The van der Waals surface area contributed by atoms with Crippen molar-refractivity contribution in [2.45, 2.75) is 39.0 Å². The molecule has 6 aromatic heterocycles. The van der Waals surface area contributed by atoms with Gasteiger partial charge in [-0.1, -0.05) is 0 Å². The average Bonchev–Trinajstić information content (AvgIpc) is 4.25. The molecule has 2 saturated heterocycles. The largest absolute Gasteiger partial charge is 0.504 e. The topological polar surface area (TPSA) is 251 Å². The van der Waals surface area contributed by atoms with Crippen LogP contribution in [0.25, 0.3) is 56.3 Å². The van der Waals surface area contributed by atoms with Gasteiger partial charge >= 0.3 is 24.4 Å². The van der Waals surface area contributed by atoms with Gasteiger partial charge in [0.25, 0.3) is 0 Å². The van der Waals surface area contributed by atoms with Gasteiger partial charge in [0.05, 0.1) is 66.1 Å². The minimum atomic E-state index is -4.65. The number of hydrogen-bond acceptors (Lipinski definition) is 14. The second kappa shape index (κ2) is 23.8. The maximum absolute atomic E-state index is 13.5. The minimum Gasteiger partial charge on any atom is -0.504 e. The molecular weight excluding hydrogens is 1070 g/mol. The van der Waals surface area contributed by atoms with Gasteiger partial charge in [-0.25, -0.2) is 38.6 Å². The third-order valence-corrected chi connectivity index (χ3v) is 12.8. The molecule has 7 N–H and O–H groups in total. The number of hydrogen-bond donors (Lipinski definition) is 5. The Balaban J connectivity index is 0.000000181. The standard InChI is InChI=1S/C26H26F3N7O3.C20H16F3N5O2.C6H11ClN2O/c1-15-23(17-12-18(26(27,28)29)24(30)32-14-17)36-22(33-15)7-5-19(34-36)16-4-6-20(21(13-16)38-2)39-11-3-9-35-10-8-31-25(35)37;1-10-18(12-7-13(20(21,22)23)19(24)25-9-12)28-17(26-10)6-4-14(27-28)11-3-5-15(29)16(8-11)30-2;7-2-1-4-9-5-3-8-6(9)10/h4-7,12-14H,3,8-11H2,1-2H3,(H2,30,32)(H,31,37);3-9,29H,1-2H3,(H2,24,25);1-5H2,(H,8,10). The molecule has 0 aliphatic carbocycles. The Morgan fingerprint density at radius 1 is 0.633 bits per heavy atom. The van der Waals surface area contributed by atoms with Crippen molar-refractivity contribution in [2.24, 2.45) is 0 Å². The lowest BCUT2D eigenvalue weighted by Crippen LogP contribution is -2.29. The molecule has 2 aromatic carbocycles. The number of aromatic nitrogens is 8. The number of ether oxygens (including phenoxy) is 3. The second-order valence-electron chi connectivity index (χ2n) is 17.8. The van der Waals surface area contributed by atoms with E-state index in [1.54, 1.807) is 72.2 Å².